The van der Waals surface area contributed by atoms with Gasteiger partial charge in [-0.2, -0.15) is 6.20 Å². The first-order chi connectivity index (χ1) is 18.3. The SMILES string of the molecule is Oc1ccccc1-c1[n-]c(-[n+]2[c-]n(C(c3ccccc3)c3[n-]cc4ccccc34)cc2)c2ccccc12.[Au+3]. The van der Waals surface area contributed by atoms with Gasteiger partial charge in [0.25, 0.3) is 0 Å². The van der Waals surface area contributed by atoms with Crippen LogP contribution in [0.2, 0.25) is 0 Å². The maximum absolute atomic E-state index is 10.5. The van der Waals surface area contributed by atoms with E-state index in [1.807, 2.05) is 71.7 Å². The summed E-state index contributed by atoms with van der Waals surface area (Å²) in [6.45, 7) is 0. The second kappa shape index (κ2) is 9.88. The van der Waals surface area contributed by atoms with E-state index in [0.29, 0.717) is 5.56 Å². The molecule has 0 spiro atoms. The Morgan fingerprint density at radius 2 is 1.45 bits per heavy atom. The van der Waals surface area contributed by atoms with Gasteiger partial charge in [-0.3, -0.25) is 4.98 Å². The van der Waals surface area contributed by atoms with E-state index in [9.17, 15) is 5.11 Å². The van der Waals surface area contributed by atoms with Crippen LogP contribution in [0.5, 0.6) is 5.75 Å². The van der Waals surface area contributed by atoms with Crippen molar-refractivity contribution in [3.63, 3.8) is 0 Å². The van der Waals surface area contributed by atoms with Crippen molar-refractivity contribution in [3.05, 3.63) is 139 Å². The topological polar surface area (TPSA) is 57.2 Å². The van der Waals surface area contributed by atoms with Gasteiger partial charge in [-0.05, 0) is 33.9 Å². The van der Waals surface area contributed by atoms with Crippen LogP contribution >= 0.6 is 0 Å². The first-order valence-corrected chi connectivity index (χ1v) is 12.2. The fourth-order valence-corrected chi connectivity index (χ4v) is 5.12. The van der Waals surface area contributed by atoms with Gasteiger partial charge in [0.05, 0.1) is 11.5 Å². The van der Waals surface area contributed by atoms with Gasteiger partial charge in [-0.15, -0.1) is 5.69 Å². The summed E-state index contributed by atoms with van der Waals surface area (Å²) >= 11 is 0. The number of hydrogen-bond donors (Lipinski definition) is 1. The van der Waals surface area contributed by atoms with Crippen molar-refractivity contribution in [3.8, 4) is 22.8 Å². The summed E-state index contributed by atoms with van der Waals surface area (Å²) in [4.78, 5) is 9.83. The van der Waals surface area contributed by atoms with Crippen LogP contribution in [0.3, 0.4) is 0 Å². The molecule has 1 N–H and O–H groups in total. The van der Waals surface area contributed by atoms with E-state index < -0.39 is 0 Å². The van der Waals surface area contributed by atoms with E-state index in [2.05, 4.69) is 59.4 Å². The smallest absolute Gasteiger partial charge is 0.665 e. The van der Waals surface area contributed by atoms with E-state index in [1.54, 1.807) is 6.07 Å². The summed E-state index contributed by atoms with van der Waals surface area (Å²) < 4.78 is 3.99. The van der Waals surface area contributed by atoms with Gasteiger partial charge >= 0.3 is 22.4 Å². The number of hydrogen-bond acceptors (Lipinski definition) is 1. The first kappa shape index (κ1) is 24.1. The minimum atomic E-state index is -0.152. The van der Waals surface area contributed by atoms with Crippen LogP contribution in [0.4, 0.5) is 0 Å². The Labute approximate surface area is 235 Å². The number of benzene rings is 4. The number of phenolic OH excluding ortho intramolecular Hbond substituents is 1. The monoisotopic (exact) mass is 675 g/mol. The predicted octanol–water partition coefficient (Wildman–Crippen LogP) is 5.79. The normalized spacial score (nSPS) is 12.0. The number of para-hydroxylation sites is 1. The van der Waals surface area contributed by atoms with Gasteiger partial charge in [-0.1, -0.05) is 103 Å². The van der Waals surface area contributed by atoms with Crippen LogP contribution < -0.4 is 14.5 Å². The third kappa shape index (κ3) is 3.98. The Bertz CT molecular complexity index is 1870. The molecule has 7 rings (SSSR count). The Morgan fingerprint density at radius 1 is 0.763 bits per heavy atom. The molecule has 6 heteroatoms. The summed E-state index contributed by atoms with van der Waals surface area (Å²) in [6.07, 6.45) is 9.45. The molecule has 0 radical (unpaired) electrons. The van der Waals surface area contributed by atoms with Crippen molar-refractivity contribution in [1.82, 2.24) is 14.5 Å². The van der Waals surface area contributed by atoms with Crippen molar-refractivity contribution < 1.29 is 32.1 Å². The number of aromatic nitrogens is 4. The maximum atomic E-state index is 10.5. The first-order valence-electron chi connectivity index (χ1n) is 12.2. The average molecular weight is 676 g/mol. The van der Waals surface area contributed by atoms with Gasteiger partial charge in [0.1, 0.15) is 5.75 Å². The van der Waals surface area contributed by atoms with Gasteiger partial charge in [0, 0.05) is 23.3 Å². The summed E-state index contributed by atoms with van der Waals surface area (Å²) in [5.74, 6) is 0.974. The molecule has 0 bridgehead atoms. The Kier molecular flexibility index (Phi) is 6.26. The zero-order chi connectivity index (χ0) is 24.8. The van der Waals surface area contributed by atoms with Crippen molar-refractivity contribution in [2.75, 3.05) is 0 Å². The molecule has 0 fully saturated rings. The molecule has 0 aliphatic carbocycles. The fraction of sp³-hybridized carbons (Fsp3) is 0.0312. The molecular formula is C32H22AuN4O+. The average Bonchev–Trinajstić information content (AvgIpc) is 3.68. The molecule has 0 aliphatic heterocycles. The molecule has 0 amide bonds. The third-order valence-electron chi connectivity index (χ3n) is 6.86. The van der Waals surface area contributed by atoms with Crippen LogP contribution in [0, 0.1) is 6.33 Å². The molecule has 186 valence electrons. The molecule has 0 aliphatic rings. The maximum Gasteiger partial charge on any atom is 3.00 e. The Hall–Kier alpha value is -4.29. The molecule has 7 aromatic rings. The molecule has 3 heterocycles. The van der Waals surface area contributed by atoms with Crippen LogP contribution in [0.1, 0.15) is 17.3 Å². The van der Waals surface area contributed by atoms with Gasteiger partial charge in [0.2, 0.25) is 0 Å². The molecule has 3 aromatic heterocycles. The minimum Gasteiger partial charge on any atom is -0.665 e. The molecule has 0 saturated heterocycles. The molecule has 1 atom stereocenters. The second-order valence-corrected chi connectivity index (χ2v) is 9.07. The van der Waals surface area contributed by atoms with Gasteiger partial charge in [-0.25, -0.2) is 0 Å². The fourth-order valence-electron chi connectivity index (χ4n) is 5.12. The van der Waals surface area contributed by atoms with E-state index in [-0.39, 0.29) is 34.2 Å². The molecular weight excluding hydrogens is 653 g/mol. The van der Waals surface area contributed by atoms with Crippen LogP contribution in [0.25, 0.3) is 38.6 Å². The number of phenols is 1. The largest absolute Gasteiger partial charge is 3.00 e. The molecule has 38 heavy (non-hydrogen) atoms. The van der Waals surface area contributed by atoms with E-state index >= 15 is 0 Å². The standard InChI is InChI=1S/C32H22N4O.Au/c37-28-17-9-8-16-27(28)29-25-14-6-7-15-26(25)32(34-29)36-19-18-35(21-36)31(22-10-2-1-3-11-22)30-24-13-5-4-12-23(24)20-33-30;/h1-20,31,37H;/q-2;+3. The minimum absolute atomic E-state index is 0. The zero-order valence-corrected chi connectivity index (χ0v) is 22.3. The van der Waals surface area contributed by atoms with Gasteiger partial charge in [0.15, 0.2) is 0 Å². The van der Waals surface area contributed by atoms with Crippen molar-refractivity contribution >= 4 is 21.5 Å². The summed E-state index contributed by atoms with van der Waals surface area (Å²) in [5.41, 5.74) is 3.57. The quantitative estimate of drug-likeness (QED) is 0.143. The number of imidazole rings is 1. The number of rotatable bonds is 5. The zero-order valence-electron chi connectivity index (χ0n) is 20.2. The molecule has 5 nitrogen and oxygen atoms in total. The van der Waals surface area contributed by atoms with Crippen LogP contribution in [0.15, 0.2) is 122 Å². The number of aromatic hydroxyl groups is 1. The predicted molar refractivity (Wildman–Crippen MR) is 144 cm³/mol. The molecule has 1 unspecified atom stereocenters. The summed E-state index contributed by atoms with van der Waals surface area (Å²) in [7, 11) is 0. The Balaban J connectivity index is 0.00000264. The van der Waals surface area contributed by atoms with Crippen molar-refractivity contribution in [2.24, 2.45) is 0 Å². The third-order valence-corrected chi connectivity index (χ3v) is 6.86. The summed E-state index contributed by atoms with van der Waals surface area (Å²) in [5, 5.41) is 14.8. The number of fused-ring (bicyclic) bond motifs is 2. The van der Waals surface area contributed by atoms with E-state index in [4.69, 9.17) is 9.97 Å². The van der Waals surface area contributed by atoms with Gasteiger partial charge < -0.3 is 19.2 Å². The molecule has 0 saturated carbocycles. The van der Waals surface area contributed by atoms with E-state index in [1.165, 1.54) is 0 Å². The van der Waals surface area contributed by atoms with Crippen molar-refractivity contribution in [2.45, 2.75) is 6.04 Å². The Morgan fingerprint density at radius 3 is 2.26 bits per heavy atom. The second-order valence-electron chi connectivity index (χ2n) is 9.07. The van der Waals surface area contributed by atoms with Crippen LogP contribution in [-0.2, 0) is 22.4 Å². The van der Waals surface area contributed by atoms with Crippen LogP contribution in [-0.4, -0.2) is 9.67 Å². The van der Waals surface area contributed by atoms with E-state index in [0.717, 1.165) is 44.3 Å². The molecule has 4 aromatic carbocycles. The summed E-state index contributed by atoms with van der Waals surface area (Å²) in [6, 6.07) is 33.9. The van der Waals surface area contributed by atoms with Crippen molar-refractivity contribution in [1.29, 1.82) is 0 Å². The number of nitrogens with zero attached hydrogens (tertiary/aromatic N) is 4.